The van der Waals surface area contributed by atoms with E-state index in [9.17, 15) is 9.90 Å². The Morgan fingerprint density at radius 3 is 2.34 bits per heavy atom. The Balaban J connectivity index is 1.36. The number of fused-ring (bicyclic) bond motifs is 2. The normalized spacial score (nSPS) is 22.3. The van der Waals surface area contributed by atoms with Crippen molar-refractivity contribution < 1.29 is 24.1 Å². The third-order valence-corrected chi connectivity index (χ3v) is 7.83. The molecule has 12 nitrogen and oxygen atoms in total. The molecule has 0 aliphatic carbocycles. The number of benzene rings is 2. The number of rotatable bonds is 12. The lowest BCUT2D eigenvalue weighted by atomic mass is 9.91. The number of aliphatic hydroxyl groups excluding tert-OH is 1. The van der Waals surface area contributed by atoms with Gasteiger partial charge in [0.05, 0.1) is 6.33 Å². The minimum atomic E-state index is -0.888. The summed E-state index contributed by atoms with van der Waals surface area (Å²) in [5.74, 6) is -0.160. The molecule has 6 rings (SSSR count). The third kappa shape index (κ3) is 6.11. The van der Waals surface area contributed by atoms with E-state index in [-0.39, 0.29) is 18.4 Å². The van der Waals surface area contributed by atoms with Crippen LogP contribution in [-0.2, 0) is 19.0 Å². The summed E-state index contributed by atoms with van der Waals surface area (Å²) in [6, 6.07) is 20.7. The fourth-order valence-corrected chi connectivity index (χ4v) is 5.87. The third-order valence-electron chi connectivity index (χ3n) is 7.83. The summed E-state index contributed by atoms with van der Waals surface area (Å²) >= 11 is 0. The maximum atomic E-state index is 13.0. The molecule has 0 unspecified atom stereocenters. The fraction of sp³-hybridized carbons (Fsp3) is 0.438. The quantitative estimate of drug-likeness (QED) is 0.178. The van der Waals surface area contributed by atoms with E-state index in [1.165, 1.54) is 11.1 Å². The Hall–Kier alpha value is -4.10. The van der Waals surface area contributed by atoms with E-state index in [1.807, 2.05) is 57.2 Å². The monoisotopic (exact) mass is 601 g/mol. The van der Waals surface area contributed by atoms with E-state index in [4.69, 9.17) is 29.2 Å². The summed E-state index contributed by atoms with van der Waals surface area (Å²) in [5, 5.41) is 18.9. The number of hydrogen-bond donors (Lipinski definition) is 4. The Morgan fingerprint density at radius 1 is 1.00 bits per heavy atom. The van der Waals surface area contributed by atoms with E-state index >= 15 is 0 Å². The molecule has 4 heterocycles. The molecule has 4 atom stereocenters. The van der Waals surface area contributed by atoms with Gasteiger partial charge in [-0.3, -0.25) is 9.36 Å². The summed E-state index contributed by atoms with van der Waals surface area (Å²) in [7, 11) is 0. The lowest BCUT2D eigenvalue weighted by molar-refractivity contribution is -0.197. The highest BCUT2D eigenvalue weighted by Gasteiger charge is 2.58. The second kappa shape index (κ2) is 12.9. The summed E-state index contributed by atoms with van der Waals surface area (Å²) in [5.41, 5.74) is 3.41. The molecule has 2 aromatic heterocycles. The van der Waals surface area contributed by atoms with Crippen LogP contribution in [0, 0.1) is 0 Å². The van der Waals surface area contributed by atoms with Crippen molar-refractivity contribution in [2.75, 3.05) is 36.9 Å². The molecule has 0 spiro atoms. The highest BCUT2D eigenvalue weighted by atomic mass is 16.8. The van der Waals surface area contributed by atoms with Crippen LogP contribution in [0.25, 0.3) is 11.2 Å². The van der Waals surface area contributed by atoms with Crippen LogP contribution in [0.1, 0.15) is 50.5 Å². The van der Waals surface area contributed by atoms with Crippen molar-refractivity contribution in [2.24, 2.45) is 0 Å². The number of aromatic nitrogens is 4. The van der Waals surface area contributed by atoms with Crippen LogP contribution in [0.4, 0.5) is 11.8 Å². The zero-order chi connectivity index (χ0) is 30.7. The maximum Gasteiger partial charge on any atom is 0.252 e. The van der Waals surface area contributed by atoms with Crippen LogP contribution >= 0.6 is 0 Å². The highest BCUT2D eigenvalue weighted by Crippen LogP contribution is 2.44. The highest BCUT2D eigenvalue weighted by molar-refractivity contribution is 5.85. The van der Waals surface area contributed by atoms with Crippen molar-refractivity contribution in [3.05, 3.63) is 78.1 Å². The molecule has 2 aliphatic rings. The van der Waals surface area contributed by atoms with Crippen LogP contribution in [0.15, 0.2) is 67.0 Å². The second-order valence-corrected chi connectivity index (χ2v) is 11.4. The largest absolute Gasteiger partial charge is 0.396 e. The number of imidazole rings is 1. The molecule has 4 aromatic rings. The van der Waals surface area contributed by atoms with Gasteiger partial charge in [-0.05, 0) is 38.3 Å². The summed E-state index contributed by atoms with van der Waals surface area (Å²) < 4.78 is 20.5. The Bertz CT molecular complexity index is 1530. The van der Waals surface area contributed by atoms with Crippen molar-refractivity contribution in [1.29, 1.82) is 0 Å². The number of anilines is 2. The van der Waals surface area contributed by atoms with Gasteiger partial charge in [0, 0.05) is 32.2 Å². The summed E-state index contributed by atoms with van der Waals surface area (Å²) in [6.07, 6.45) is -0.551. The zero-order valence-electron chi connectivity index (χ0n) is 25.1. The molecule has 44 heavy (non-hydrogen) atoms. The first-order valence-electron chi connectivity index (χ1n) is 15.1. The number of likely N-dealkylation sites (N-methyl/N-ethyl adjacent to an activating group) is 1. The number of nitrogens with one attached hydrogen (secondary N) is 3. The van der Waals surface area contributed by atoms with Gasteiger partial charge in [0.2, 0.25) is 5.95 Å². The van der Waals surface area contributed by atoms with E-state index in [0.717, 1.165) is 0 Å². The van der Waals surface area contributed by atoms with Gasteiger partial charge in [0.1, 0.15) is 12.2 Å². The number of carbonyl (C=O) groups is 1. The first kappa shape index (κ1) is 29.9. The van der Waals surface area contributed by atoms with Crippen LogP contribution in [-0.4, -0.2) is 80.9 Å². The van der Waals surface area contributed by atoms with Gasteiger partial charge in [-0.25, -0.2) is 4.98 Å². The van der Waals surface area contributed by atoms with Crippen molar-refractivity contribution in [1.82, 2.24) is 24.8 Å². The molecule has 2 aromatic carbocycles. The molecule has 1 amide bonds. The first-order chi connectivity index (χ1) is 21.4. The molecule has 12 heteroatoms. The maximum absolute atomic E-state index is 13.0. The predicted octanol–water partition coefficient (Wildman–Crippen LogP) is 3.42. The topological polar surface area (TPSA) is 145 Å². The van der Waals surface area contributed by atoms with Crippen molar-refractivity contribution in [2.45, 2.75) is 63.4 Å². The van der Waals surface area contributed by atoms with Gasteiger partial charge in [-0.15, -0.1) is 0 Å². The Morgan fingerprint density at radius 2 is 1.68 bits per heavy atom. The van der Waals surface area contributed by atoms with Crippen molar-refractivity contribution in [3.63, 3.8) is 0 Å². The molecular weight excluding hydrogens is 562 g/mol. The molecule has 2 aliphatic heterocycles. The molecule has 0 radical (unpaired) electrons. The molecule has 2 fully saturated rings. The number of aliphatic hydroxyl groups is 1. The number of carbonyl (C=O) groups excluding carboxylic acids is 1. The Kier molecular flexibility index (Phi) is 8.76. The van der Waals surface area contributed by atoms with Crippen LogP contribution < -0.4 is 16.0 Å². The van der Waals surface area contributed by atoms with E-state index < -0.39 is 30.3 Å². The van der Waals surface area contributed by atoms with Gasteiger partial charge in [-0.2, -0.15) is 9.97 Å². The molecule has 0 bridgehead atoms. The van der Waals surface area contributed by atoms with E-state index in [0.29, 0.717) is 49.0 Å². The van der Waals surface area contributed by atoms with Crippen LogP contribution in [0.3, 0.4) is 0 Å². The second-order valence-electron chi connectivity index (χ2n) is 11.4. The minimum absolute atomic E-state index is 0.0431. The molecule has 232 valence electrons. The average molecular weight is 602 g/mol. The minimum Gasteiger partial charge on any atom is -0.396 e. The molecular formula is C32H39N7O5. The first-order valence-corrected chi connectivity index (χ1v) is 15.1. The number of hydrogen-bond acceptors (Lipinski definition) is 10. The number of nitrogens with zero attached hydrogens (tertiary/aromatic N) is 4. The van der Waals surface area contributed by atoms with E-state index in [2.05, 4.69) is 40.2 Å². The average Bonchev–Trinajstić information content (AvgIpc) is 3.69. The van der Waals surface area contributed by atoms with Gasteiger partial charge in [0.25, 0.3) is 5.91 Å². The number of ether oxygens (including phenoxy) is 3. The SMILES string of the molecule is CCNC(=O)[C@H]1O[C@@H](n2cnc3c(NCC(c4ccccc4)c4ccccc4)nc(NCCCO)nc32)[C@@H]2OC(C)(C)O[C@@H]21. The Labute approximate surface area is 256 Å². The lowest BCUT2D eigenvalue weighted by Crippen LogP contribution is -2.42. The van der Waals surface area contributed by atoms with Crippen LogP contribution in [0.5, 0.6) is 0 Å². The van der Waals surface area contributed by atoms with Gasteiger partial charge < -0.3 is 35.3 Å². The van der Waals surface area contributed by atoms with Crippen molar-refractivity contribution >= 4 is 28.8 Å². The zero-order valence-corrected chi connectivity index (χ0v) is 25.1. The molecule has 0 saturated carbocycles. The standard InChI is InChI=1S/C32H39N7O5/c1-4-33-29(41)25-24-26(44-32(2,3)43-24)30(42-25)39-19-36-23-27(37-31(38-28(23)39)34-16-11-17-40)35-18-22(20-12-7-5-8-13-20)21-14-9-6-10-15-21/h5-10,12-15,19,22,24-26,30,40H,4,11,16-18H2,1-3H3,(H,33,41)(H2,34,35,37,38)/t24-,25+,26-,30-/m1/s1. The summed E-state index contributed by atoms with van der Waals surface area (Å²) in [6.45, 7) is 7.06. The lowest BCUT2D eigenvalue weighted by Gasteiger charge is -2.24. The predicted molar refractivity (Wildman–Crippen MR) is 165 cm³/mol. The van der Waals surface area contributed by atoms with E-state index in [1.54, 1.807) is 10.9 Å². The van der Waals surface area contributed by atoms with Crippen molar-refractivity contribution in [3.8, 4) is 0 Å². The van der Waals surface area contributed by atoms with Gasteiger partial charge >= 0.3 is 0 Å². The fourth-order valence-electron chi connectivity index (χ4n) is 5.87. The molecule has 4 N–H and O–H groups in total. The number of amides is 1. The van der Waals surface area contributed by atoms with Gasteiger partial charge in [0.15, 0.2) is 35.1 Å². The van der Waals surface area contributed by atoms with Gasteiger partial charge in [-0.1, -0.05) is 60.7 Å². The molecule has 2 saturated heterocycles. The summed E-state index contributed by atoms with van der Waals surface area (Å²) in [4.78, 5) is 27.2. The van der Waals surface area contributed by atoms with Crippen LogP contribution in [0.2, 0.25) is 0 Å². The smallest absolute Gasteiger partial charge is 0.252 e.